The van der Waals surface area contributed by atoms with Crippen LogP contribution >= 0.6 is 0 Å². The highest BCUT2D eigenvalue weighted by molar-refractivity contribution is 6.03. The van der Waals surface area contributed by atoms with E-state index in [-0.39, 0.29) is 36.2 Å². The van der Waals surface area contributed by atoms with Gasteiger partial charge in [0.1, 0.15) is 6.04 Å². The molecule has 0 radical (unpaired) electrons. The van der Waals surface area contributed by atoms with Gasteiger partial charge in [-0.3, -0.25) is 9.59 Å². The highest BCUT2D eigenvalue weighted by atomic mass is 16.5. The molecule has 2 amide bonds. The van der Waals surface area contributed by atoms with Crippen molar-refractivity contribution in [3.63, 3.8) is 0 Å². The molecule has 21 heavy (non-hydrogen) atoms. The van der Waals surface area contributed by atoms with Crippen LogP contribution in [0.3, 0.4) is 0 Å². The number of carbonyl (C=O) groups is 3. The maximum absolute atomic E-state index is 12.4. The zero-order valence-electron chi connectivity index (χ0n) is 12.8. The van der Waals surface area contributed by atoms with Gasteiger partial charge in [-0.05, 0) is 27.7 Å². The molecule has 0 aliphatic carbocycles. The topological polar surface area (TPSA) is 95.9 Å². The lowest BCUT2D eigenvalue weighted by Crippen LogP contribution is -2.57. The maximum atomic E-state index is 12.4. The number of carbonyl (C=O) groups excluding carboxylic acids is 2. The Kier molecular flexibility index (Phi) is 5.90. The van der Waals surface area contributed by atoms with Gasteiger partial charge in [-0.15, -0.1) is 0 Å². The summed E-state index contributed by atoms with van der Waals surface area (Å²) in [7, 11) is 0. The number of nitrogens with one attached hydrogen (secondary N) is 1. The third kappa shape index (κ3) is 4.29. The van der Waals surface area contributed by atoms with Gasteiger partial charge >= 0.3 is 5.97 Å². The Labute approximate surface area is 123 Å². The highest BCUT2D eigenvalue weighted by Gasteiger charge is 2.34. The van der Waals surface area contributed by atoms with Gasteiger partial charge in [0.15, 0.2) is 0 Å². The Morgan fingerprint density at radius 2 is 1.86 bits per heavy atom. The first-order valence-corrected chi connectivity index (χ1v) is 6.85. The molecular weight excluding hydrogens is 276 g/mol. The summed E-state index contributed by atoms with van der Waals surface area (Å²) in [6.45, 7) is 7.19. The molecular formula is C14H22N2O5. The lowest BCUT2D eigenvalue weighted by molar-refractivity contribution is -0.146. The minimum atomic E-state index is -1.14. The summed E-state index contributed by atoms with van der Waals surface area (Å²) in [6.07, 6.45) is 0. The first-order chi connectivity index (χ1) is 9.75. The predicted molar refractivity (Wildman–Crippen MR) is 75.6 cm³/mol. The molecule has 7 nitrogen and oxygen atoms in total. The fraction of sp³-hybridized carbons (Fsp3) is 0.643. The van der Waals surface area contributed by atoms with Crippen LogP contribution in [0.2, 0.25) is 0 Å². The van der Waals surface area contributed by atoms with Crippen LogP contribution in [0.25, 0.3) is 0 Å². The van der Waals surface area contributed by atoms with E-state index in [9.17, 15) is 14.4 Å². The van der Waals surface area contributed by atoms with Gasteiger partial charge in [-0.1, -0.05) is 0 Å². The molecule has 1 saturated heterocycles. The largest absolute Gasteiger partial charge is 0.478 e. The lowest BCUT2D eigenvalue weighted by atomic mass is 10.1. The van der Waals surface area contributed by atoms with E-state index < -0.39 is 17.9 Å². The number of morpholine rings is 1. The van der Waals surface area contributed by atoms with Crippen LogP contribution in [-0.2, 0) is 19.1 Å². The molecule has 0 spiro atoms. The van der Waals surface area contributed by atoms with Gasteiger partial charge in [-0.2, -0.15) is 0 Å². The Hall–Kier alpha value is -1.89. The number of hydrogen-bond acceptors (Lipinski definition) is 4. The van der Waals surface area contributed by atoms with Crippen molar-refractivity contribution in [1.29, 1.82) is 0 Å². The van der Waals surface area contributed by atoms with E-state index in [1.165, 1.54) is 18.7 Å². The molecule has 118 valence electrons. The summed E-state index contributed by atoms with van der Waals surface area (Å²) >= 11 is 0. The molecule has 2 N–H and O–H groups in total. The standard InChI is InChI=1S/C14H22N2O5/c1-8(2)15-12(17)11-7-21-6-5-16(11)13(18)9(3)10(4)14(19)20/h8,11H,5-7H2,1-4H3,(H,15,17)(H,19,20). The lowest BCUT2D eigenvalue weighted by Gasteiger charge is -2.35. The first kappa shape index (κ1) is 17.2. The highest BCUT2D eigenvalue weighted by Crippen LogP contribution is 2.14. The number of ether oxygens (including phenoxy) is 1. The molecule has 0 saturated carbocycles. The normalized spacial score (nSPS) is 20.0. The molecule has 0 bridgehead atoms. The maximum Gasteiger partial charge on any atom is 0.331 e. The van der Waals surface area contributed by atoms with Gasteiger partial charge in [0, 0.05) is 23.7 Å². The van der Waals surface area contributed by atoms with E-state index in [1.807, 2.05) is 13.8 Å². The van der Waals surface area contributed by atoms with Crippen molar-refractivity contribution in [3.05, 3.63) is 11.1 Å². The average molecular weight is 298 g/mol. The molecule has 1 fully saturated rings. The Morgan fingerprint density at radius 3 is 2.38 bits per heavy atom. The number of carboxylic acid groups (broad SMARTS) is 1. The van der Waals surface area contributed by atoms with Crippen molar-refractivity contribution in [1.82, 2.24) is 10.2 Å². The molecule has 1 atom stereocenters. The molecule has 0 aromatic carbocycles. The van der Waals surface area contributed by atoms with Crippen molar-refractivity contribution < 1.29 is 24.2 Å². The minimum absolute atomic E-state index is 0.0190. The van der Waals surface area contributed by atoms with E-state index in [2.05, 4.69) is 5.32 Å². The van der Waals surface area contributed by atoms with E-state index in [1.54, 1.807) is 0 Å². The Morgan fingerprint density at radius 1 is 1.24 bits per heavy atom. The third-order valence-corrected chi connectivity index (χ3v) is 3.33. The third-order valence-electron chi connectivity index (χ3n) is 3.33. The Bertz CT molecular complexity index is 470. The van der Waals surface area contributed by atoms with Crippen molar-refractivity contribution in [2.45, 2.75) is 39.8 Å². The van der Waals surface area contributed by atoms with Gasteiger partial charge in [0.25, 0.3) is 5.91 Å². The molecule has 7 heteroatoms. The number of amides is 2. The smallest absolute Gasteiger partial charge is 0.331 e. The molecule has 1 aliphatic heterocycles. The molecule has 0 aromatic rings. The van der Waals surface area contributed by atoms with Crippen LogP contribution in [0, 0.1) is 0 Å². The van der Waals surface area contributed by atoms with Gasteiger partial charge in [0.05, 0.1) is 13.2 Å². The van der Waals surface area contributed by atoms with Crippen LogP contribution in [0.1, 0.15) is 27.7 Å². The monoisotopic (exact) mass is 298 g/mol. The van der Waals surface area contributed by atoms with Crippen LogP contribution in [0.15, 0.2) is 11.1 Å². The first-order valence-electron chi connectivity index (χ1n) is 6.85. The molecule has 1 rings (SSSR count). The summed E-state index contributed by atoms with van der Waals surface area (Å²) < 4.78 is 5.27. The van der Waals surface area contributed by atoms with Gasteiger partial charge in [0.2, 0.25) is 5.91 Å². The second-order valence-corrected chi connectivity index (χ2v) is 5.31. The van der Waals surface area contributed by atoms with Gasteiger partial charge < -0.3 is 20.1 Å². The summed E-state index contributed by atoms with van der Waals surface area (Å²) in [5.74, 6) is -1.88. The fourth-order valence-electron chi connectivity index (χ4n) is 1.98. The van der Waals surface area contributed by atoms with Gasteiger partial charge in [-0.25, -0.2) is 4.79 Å². The quantitative estimate of drug-likeness (QED) is 0.721. The minimum Gasteiger partial charge on any atom is -0.478 e. The second-order valence-electron chi connectivity index (χ2n) is 5.31. The van der Waals surface area contributed by atoms with Crippen LogP contribution in [-0.4, -0.2) is 59.6 Å². The molecule has 1 unspecified atom stereocenters. The average Bonchev–Trinajstić information content (AvgIpc) is 2.44. The second kappa shape index (κ2) is 7.21. The van der Waals surface area contributed by atoms with E-state index >= 15 is 0 Å². The van der Waals surface area contributed by atoms with Crippen molar-refractivity contribution in [2.24, 2.45) is 0 Å². The Balaban J connectivity index is 2.96. The number of nitrogens with zero attached hydrogens (tertiary/aromatic N) is 1. The zero-order chi connectivity index (χ0) is 16.2. The SMILES string of the molecule is CC(C(=O)O)=C(C)C(=O)N1CCOCC1C(=O)NC(C)C. The summed E-state index contributed by atoms with van der Waals surface area (Å²) in [5, 5.41) is 11.7. The molecule has 1 heterocycles. The van der Waals surface area contributed by atoms with E-state index in [0.29, 0.717) is 6.61 Å². The summed E-state index contributed by atoms with van der Waals surface area (Å²) in [6, 6.07) is -0.779. The van der Waals surface area contributed by atoms with Crippen LogP contribution < -0.4 is 5.32 Å². The number of aliphatic carboxylic acids is 1. The summed E-state index contributed by atoms with van der Waals surface area (Å²) in [4.78, 5) is 36.9. The van der Waals surface area contributed by atoms with Crippen LogP contribution in [0.5, 0.6) is 0 Å². The fourth-order valence-corrected chi connectivity index (χ4v) is 1.98. The zero-order valence-corrected chi connectivity index (χ0v) is 12.8. The van der Waals surface area contributed by atoms with Crippen molar-refractivity contribution in [3.8, 4) is 0 Å². The predicted octanol–water partition coefficient (Wildman–Crippen LogP) is 0.159. The number of hydrogen-bond donors (Lipinski definition) is 2. The number of carboxylic acids is 1. The van der Waals surface area contributed by atoms with E-state index in [0.717, 1.165) is 0 Å². The molecule has 0 aromatic heterocycles. The molecule has 1 aliphatic rings. The van der Waals surface area contributed by atoms with Crippen molar-refractivity contribution >= 4 is 17.8 Å². The van der Waals surface area contributed by atoms with Crippen LogP contribution in [0.4, 0.5) is 0 Å². The van der Waals surface area contributed by atoms with Crippen molar-refractivity contribution in [2.75, 3.05) is 19.8 Å². The van der Waals surface area contributed by atoms with E-state index in [4.69, 9.17) is 9.84 Å². The number of rotatable bonds is 4. The summed E-state index contributed by atoms with van der Waals surface area (Å²) in [5.41, 5.74) is 0.112.